The van der Waals surface area contributed by atoms with Gasteiger partial charge in [0.05, 0.1) is 6.61 Å². The van der Waals surface area contributed by atoms with Crippen LogP contribution in [0.4, 0.5) is 0 Å². The van der Waals surface area contributed by atoms with Gasteiger partial charge in [0.15, 0.2) is 0 Å². The number of rotatable bonds is 6. The smallest absolute Gasteiger partial charge is 0.374 e. The summed E-state index contributed by atoms with van der Waals surface area (Å²) in [6, 6.07) is 7.57. The number of hydrogen-bond donors (Lipinski definition) is 0. The largest absolute Gasteiger partial charge is 0.460 e. The van der Waals surface area contributed by atoms with Crippen LogP contribution in [0, 0.1) is 0 Å². The molecule has 0 aliphatic heterocycles. The highest BCUT2D eigenvalue weighted by atomic mass is 79.9. The van der Waals surface area contributed by atoms with Crippen LogP contribution in [-0.4, -0.2) is 18.4 Å². The minimum Gasteiger partial charge on any atom is -0.460 e. The molecule has 1 atom stereocenters. The monoisotopic (exact) mass is 310 g/mol. The molecule has 0 radical (unpaired) electrons. The lowest BCUT2D eigenvalue weighted by molar-refractivity contribution is -0.153. The molecule has 0 aromatic heterocycles. The molecule has 0 aliphatic carbocycles. The van der Waals surface area contributed by atoms with Crippen molar-refractivity contribution in [2.24, 2.45) is 0 Å². The lowest BCUT2D eigenvalue weighted by Gasteiger charge is -2.11. The maximum Gasteiger partial charge on any atom is 0.374 e. The number of halogens is 1. The summed E-state index contributed by atoms with van der Waals surface area (Å²) in [5.41, 5.74) is 0.950. The van der Waals surface area contributed by atoms with Gasteiger partial charge in [0.25, 0.3) is 0 Å². The van der Waals surface area contributed by atoms with Crippen molar-refractivity contribution in [1.82, 2.24) is 0 Å². The van der Waals surface area contributed by atoms with Crippen molar-refractivity contribution in [2.45, 2.75) is 19.3 Å². The van der Waals surface area contributed by atoms with Gasteiger partial charge in [0.2, 0.25) is 5.78 Å². The van der Waals surface area contributed by atoms with E-state index in [9.17, 15) is 9.59 Å². The number of benzene rings is 1. The van der Waals surface area contributed by atoms with E-state index >= 15 is 0 Å². The van der Waals surface area contributed by atoms with Crippen molar-refractivity contribution in [3.8, 4) is 0 Å². The zero-order valence-corrected chi connectivity index (χ0v) is 11.8. The molecule has 1 unspecified atom stereocenters. The molecule has 1 aromatic rings. The third-order valence-corrected chi connectivity index (χ3v) is 3.02. The molecule has 0 spiro atoms. The van der Waals surface area contributed by atoms with E-state index < -0.39 is 11.8 Å². The number of ketones is 1. The second kappa shape index (κ2) is 7.11. The van der Waals surface area contributed by atoms with Gasteiger partial charge in [-0.2, -0.15) is 0 Å². The highest BCUT2D eigenvalue weighted by molar-refractivity contribution is 9.10. The molecule has 4 heteroatoms. The Morgan fingerprint density at radius 2 is 2.00 bits per heavy atom. The standard InChI is InChI=1S/C14H15BrO3/c1-3-10(9-13(16)14(17)18-4-2)11-5-7-12(15)8-6-11/h3,5-8,10H,1,4,9H2,2H3. The van der Waals surface area contributed by atoms with Crippen LogP contribution < -0.4 is 0 Å². The Labute approximate surface area is 115 Å². The van der Waals surface area contributed by atoms with Crippen LogP contribution in [0.1, 0.15) is 24.8 Å². The highest BCUT2D eigenvalue weighted by Gasteiger charge is 2.20. The molecule has 0 N–H and O–H groups in total. The molecule has 0 amide bonds. The minimum atomic E-state index is -0.776. The predicted molar refractivity (Wildman–Crippen MR) is 73.3 cm³/mol. The summed E-state index contributed by atoms with van der Waals surface area (Å²) < 4.78 is 5.64. The van der Waals surface area contributed by atoms with Crippen LogP contribution in [0.15, 0.2) is 41.4 Å². The van der Waals surface area contributed by atoms with Crippen molar-refractivity contribution in [2.75, 3.05) is 6.61 Å². The second-order valence-electron chi connectivity index (χ2n) is 3.74. The molecule has 18 heavy (non-hydrogen) atoms. The van der Waals surface area contributed by atoms with Gasteiger partial charge in [-0.3, -0.25) is 4.79 Å². The van der Waals surface area contributed by atoms with Crippen molar-refractivity contribution in [3.05, 3.63) is 47.0 Å². The zero-order chi connectivity index (χ0) is 13.5. The Balaban J connectivity index is 2.73. The average Bonchev–Trinajstić information content (AvgIpc) is 2.37. The number of Topliss-reactive ketones (excluding diaryl/α,β-unsaturated/α-hetero) is 1. The second-order valence-corrected chi connectivity index (χ2v) is 4.66. The quantitative estimate of drug-likeness (QED) is 0.460. The Morgan fingerprint density at radius 1 is 1.39 bits per heavy atom. The average molecular weight is 311 g/mol. The van der Waals surface area contributed by atoms with Crippen LogP contribution >= 0.6 is 15.9 Å². The maximum absolute atomic E-state index is 11.6. The maximum atomic E-state index is 11.6. The first-order chi connectivity index (χ1) is 8.58. The summed E-state index contributed by atoms with van der Waals surface area (Å²) in [5.74, 6) is -1.47. The Hall–Kier alpha value is -1.42. The van der Waals surface area contributed by atoms with Gasteiger partial charge < -0.3 is 4.74 Å². The molecule has 0 saturated carbocycles. The molecule has 0 heterocycles. The number of carbonyl (C=O) groups is 2. The Kier molecular flexibility index (Phi) is 5.78. The molecular formula is C14H15BrO3. The third kappa shape index (κ3) is 4.11. The lowest BCUT2D eigenvalue weighted by atomic mass is 9.94. The third-order valence-electron chi connectivity index (χ3n) is 2.49. The number of allylic oxidation sites excluding steroid dienone is 1. The summed E-state index contributed by atoms with van der Waals surface area (Å²) >= 11 is 3.34. The summed E-state index contributed by atoms with van der Waals surface area (Å²) in [4.78, 5) is 22.9. The fourth-order valence-electron chi connectivity index (χ4n) is 1.54. The van der Waals surface area contributed by atoms with Gasteiger partial charge in [0.1, 0.15) is 0 Å². The molecule has 96 valence electrons. The fraction of sp³-hybridized carbons (Fsp3) is 0.286. The molecule has 1 rings (SSSR count). The van der Waals surface area contributed by atoms with Crippen molar-refractivity contribution < 1.29 is 14.3 Å². The number of hydrogen-bond acceptors (Lipinski definition) is 3. The van der Waals surface area contributed by atoms with Crippen LogP contribution in [0.2, 0.25) is 0 Å². The van der Waals surface area contributed by atoms with Gasteiger partial charge in [0, 0.05) is 16.8 Å². The van der Waals surface area contributed by atoms with Crippen molar-refractivity contribution >= 4 is 27.7 Å². The molecule has 3 nitrogen and oxygen atoms in total. The van der Waals surface area contributed by atoms with Gasteiger partial charge in [-0.1, -0.05) is 34.1 Å². The fourth-order valence-corrected chi connectivity index (χ4v) is 1.81. The molecule has 0 aliphatic rings. The van der Waals surface area contributed by atoms with E-state index in [2.05, 4.69) is 27.2 Å². The zero-order valence-electron chi connectivity index (χ0n) is 10.2. The van der Waals surface area contributed by atoms with Crippen LogP contribution in [0.5, 0.6) is 0 Å². The topological polar surface area (TPSA) is 43.4 Å². The van der Waals surface area contributed by atoms with Gasteiger partial charge >= 0.3 is 5.97 Å². The molecule has 1 aromatic carbocycles. The van der Waals surface area contributed by atoms with E-state index in [1.807, 2.05) is 24.3 Å². The normalized spacial score (nSPS) is 11.7. The molecule has 0 fully saturated rings. The van der Waals surface area contributed by atoms with Gasteiger partial charge in [-0.15, -0.1) is 6.58 Å². The van der Waals surface area contributed by atoms with E-state index in [0.717, 1.165) is 10.0 Å². The highest BCUT2D eigenvalue weighted by Crippen LogP contribution is 2.23. The summed E-state index contributed by atoms with van der Waals surface area (Å²) in [6.07, 6.45) is 1.75. The first-order valence-electron chi connectivity index (χ1n) is 5.66. The van der Waals surface area contributed by atoms with E-state index in [4.69, 9.17) is 0 Å². The first-order valence-corrected chi connectivity index (χ1v) is 6.45. The van der Waals surface area contributed by atoms with Crippen LogP contribution in [0.3, 0.4) is 0 Å². The van der Waals surface area contributed by atoms with Crippen LogP contribution in [0.25, 0.3) is 0 Å². The van der Waals surface area contributed by atoms with Gasteiger partial charge in [-0.05, 0) is 24.6 Å². The lowest BCUT2D eigenvalue weighted by Crippen LogP contribution is -2.19. The molecule has 0 bridgehead atoms. The Morgan fingerprint density at radius 3 is 2.50 bits per heavy atom. The van der Waals surface area contributed by atoms with Crippen LogP contribution in [-0.2, 0) is 14.3 Å². The van der Waals surface area contributed by atoms with E-state index in [1.54, 1.807) is 13.0 Å². The minimum absolute atomic E-state index is 0.0873. The van der Waals surface area contributed by atoms with Crippen molar-refractivity contribution in [1.29, 1.82) is 0 Å². The number of carbonyl (C=O) groups excluding carboxylic acids is 2. The molecule has 0 saturated heterocycles. The summed E-state index contributed by atoms with van der Waals surface area (Å²) in [7, 11) is 0. The van der Waals surface area contributed by atoms with Crippen molar-refractivity contribution in [3.63, 3.8) is 0 Å². The number of ether oxygens (including phenoxy) is 1. The molecular weight excluding hydrogens is 296 g/mol. The van der Waals surface area contributed by atoms with E-state index in [-0.39, 0.29) is 18.9 Å². The van der Waals surface area contributed by atoms with Gasteiger partial charge in [-0.25, -0.2) is 4.79 Å². The SMILES string of the molecule is C=CC(CC(=O)C(=O)OCC)c1ccc(Br)cc1. The Bertz CT molecular complexity index is 437. The predicted octanol–water partition coefficient (Wildman–Crippen LogP) is 3.24. The van der Waals surface area contributed by atoms with E-state index in [0.29, 0.717) is 0 Å². The van der Waals surface area contributed by atoms with E-state index in [1.165, 1.54) is 0 Å². The summed E-state index contributed by atoms with van der Waals surface area (Å²) in [6.45, 7) is 5.58. The first kappa shape index (κ1) is 14.6. The number of esters is 1. The summed E-state index contributed by atoms with van der Waals surface area (Å²) in [5, 5.41) is 0.